The Bertz CT molecular complexity index is 754. The lowest BCUT2D eigenvalue weighted by molar-refractivity contribution is -0.122. The van der Waals surface area contributed by atoms with Crippen molar-refractivity contribution in [3.8, 4) is 0 Å². The number of aryl methyl sites for hydroxylation is 2. The van der Waals surface area contributed by atoms with Crippen molar-refractivity contribution in [2.24, 2.45) is 5.92 Å². The van der Waals surface area contributed by atoms with Crippen LogP contribution in [-0.2, 0) is 22.4 Å². The molecule has 1 aliphatic heterocycles. The summed E-state index contributed by atoms with van der Waals surface area (Å²) in [5.74, 6) is -0.538. The van der Waals surface area contributed by atoms with E-state index in [2.05, 4.69) is 22.6 Å². The molecule has 2 heterocycles. The van der Waals surface area contributed by atoms with E-state index in [1.54, 1.807) is 4.90 Å². The van der Waals surface area contributed by atoms with Gasteiger partial charge in [0.15, 0.2) is 0 Å². The molecule has 2 aromatic rings. The Hall–Kier alpha value is -2.63. The topological polar surface area (TPSA) is 75.4 Å². The second kappa shape index (κ2) is 5.53. The lowest BCUT2D eigenvalue weighted by Crippen LogP contribution is -2.28. The van der Waals surface area contributed by atoms with E-state index in [0.717, 1.165) is 18.5 Å². The second-order valence-electron chi connectivity index (χ2n) is 6.11. The highest BCUT2D eigenvalue weighted by Crippen LogP contribution is 2.30. The fourth-order valence-corrected chi connectivity index (χ4v) is 3.37. The van der Waals surface area contributed by atoms with Gasteiger partial charge in [-0.3, -0.25) is 9.59 Å². The van der Waals surface area contributed by atoms with Crippen LogP contribution >= 0.6 is 0 Å². The van der Waals surface area contributed by atoms with E-state index < -0.39 is 0 Å². The van der Waals surface area contributed by atoms with Gasteiger partial charge in [0.25, 0.3) is 0 Å². The van der Waals surface area contributed by atoms with Crippen molar-refractivity contribution in [3.63, 3.8) is 0 Å². The Balaban J connectivity index is 1.49. The third kappa shape index (κ3) is 2.60. The van der Waals surface area contributed by atoms with Crippen LogP contribution in [0.3, 0.4) is 0 Å². The van der Waals surface area contributed by atoms with Crippen molar-refractivity contribution >= 4 is 23.2 Å². The van der Waals surface area contributed by atoms with Crippen LogP contribution in [0.5, 0.6) is 0 Å². The van der Waals surface area contributed by atoms with Crippen LogP contribution in [-0.4, -0.2) is 23.5 Å². The van der Waals surface area contributed by atoms with Crippen LogP contribution in [0.15, 0.2) is 35.2 Å². The average molecular weight is 311 g/mol. The molecule has 2 aliphatic rings. The van der Waals surface area contributed by atoms with Crippen molar-refractivity contribution < 1.29 is 14.1 Å². The van der Waals surface area contributed by atoms with Gasteiger partial charge >= 0.3 is 0 Å². The Morgan fingerprint density at radius 1 is 1.30 bits per heavy atom. The molecule has 1 unspecified atom stereocenters. The monoisotopic (exact) mass is 311 g/mol. The van der Waals surface area contributed by atoms with Gasteiger partial charge in [-0.1, -0.05) is 11.2 Å². The van der Waals surface area contributed by atoms with Crippen LogP contribution in [0.2, 0.25) is 0 Å². The predicted octanol–water partition coefficient (Wildman–Crippen LogP) is 2.15. The minimum absolute atomic E-state index is 0.00610. The first-order valence-corrected chi connectivity index (χ1v) is 7.83. The second-order valence-corrected chi connectivity index (χ2v) is 6.11. The molecule has 2 amide bonds. The van der Waals surface area contributed by atoms with Gasteiger partial charge in [-0.05, 0) is 42.5 Å². The number of aromatic nitrogens is 1. The Kier molecular flexibility index (Phi) is 3.37. The van der Waals surface area contributed by atoms with E-state index in [9.17, 15) is 9.59 Å². The normalized spacial score (nSPS) is 19.9. The van der Waals surface area contributed by atoms with Crippen molar-refractivity contribution in [1.29, 1.82) is 0 Å². The SMILES string of the molecule is O=C(Nc1cnoc1)C1CC(=O)N(c2ccc3c(c2)CCC3)C1. The molecule has 4 rings (SSSR count). The molecular formula is C17H17N3O3. The van der Waals surface area contributed by atoms with E-state index in [-0.39, 0.29) is 24.2 Å². The standard InChI is InChI=1S/C17H17N3O3/c21-16-7-13(17(22)19-14-8-18-23-10-14)9-20(16)15-5-4-11-2-1-3-12(11)6-15/h4-6,8,10,13H,1-3,7,9H2,(H,19,22). The zero-order chi connectivity index (χ0) is 15.8. The number of benzene rings is 1. The number of amides is 2. The number of anilines is 2. The summed E-state index contributed by atoms with van der Waals surface area (Å²) in [6.07, 6.45) is 6.40. The van der Waals surface area contributed by atoms with Crippen LogP contribution in [0, 0.1) is 5.92 Å². The molecule has 1 N–H and O–H groups in total. The van der Waals surface area contributed by atoms with E-state index in [4.69, 9.17) is 4.52 Å². The first-order valence-electron chi connectivity index (χ1n) is 7.83. The molecular weight excluding hydrogens is 294 g/mol. The van der Waals surface area contributed by atoms with Gasteiger partial charge in [-0.2, -0.15) is 0 Å². The molecule has 0 radical (unpaired) electrons. The van der Waals surface area contributed by atoms with Crippen molar-refractivity contribution in [1.82, 2.24) is 5.16 Å². The van der Waals surface area contributed by atoms with Gasteiger partial charge in [0.2, 0.25) is 11.8 Å². The Morgan fingerprint density at radius 2 is 2.17 bits per heavy atom. The molecule has 0 bridgehead atoms. The van der Waals surface area contributed by atoms with Gasteiger partial charge in [0.05, 0.1) is 12.1 Å². The first-order chi connectivity index (χ1) is 11.2. The number of hydrogen-bond acceptors (Lipinski definition) is 4. The van der Waals surface area contributed by atoms with Crippen LogP contribution < -0.4 is 10.2 Å². The zero-order valence-electron chi connectivity index (χ0n) is 12.6. The molecule has 118 valence electrons. The summed E-state index contributed by atoms with van der Waals surface area (Å²) in [7, 11) is 0. The molecule has 1 aliphatic carbocycles. The molecule has 1 fully saturated rings. The summed E-state index contributed by atoms with van der Waals surface area (Å²) < 4.78 is 4.69. The summed E-state index contributed by atoms with van der Waals surface area (Å²) in [5, 5.41) is 6.27. The lowest BCUT2D eigenvalue weighted by atomic mass is 10.1. The van der Waals surface area contributed by atoms with Crippen molar-refractivity contribution in [2.75, 3.05) is 16.8 Å². The number of nitrogens with one attached hydrogen (secondary N) is 1. The molecule has 0 spiro atoms. The highest BCUT2D eigenvalue weighted by atomic mass is 16.5. The maximum atomic E-state index is 12.3. The zero-order valence-corrected chi connectivity index (χ0v) is 12.6. The van der Waals surface area contributed by atoms with E-state index in [1.165, 1.54) is 30.0 Å². The largest absolute Gasteiger partial charge is 0.363 e. The lowest BCUT2D eigenvalue weighted by Gasteiger charge is -2.17. The number of carbonyl (C=O) groups excluding carboxylic acids is 2. The number of nitrogens with zero attached hydrogens (tertiary/aromatic N) is 2. The number of carbonyl (C=O) groups is 2. The highest BCUT2D eigenvalue weighted by Gasteiger charge is 2.35. The Morgan fingerprint density at radius 3 is 3.00 bits per heavy atom. The number of fused-ring (bicyclic) bond motifs is 1. The molecule has 1 aromatic carbocycles. The predicted molar refractivity (Wildman–Crippen MR) is 84.1 cm³/mol. The molecule has 1 aromatic heterocycles. The third-order valence-electron chi connectivity index (χ3n) is 4.59. The molecule has 1 atom stereocenters. The van der Waals surface area contributed by atoms with Gasteiger partial charge in [0.1, 0.15) is 12.0 Å². The maximum Gasteiger partial charge on any atom is 0.229 e. The highest BCUT2D eigenvalue weighted by molar-refractivity contribution is 6.03. The third-order valence-corrected chi connectivity index (χ3v) is 4.59. The Labute approximate surface area is 133 Å². The molecule has 0 saturated carbocycles. The number of hydrogen-bond donors (Lipinski definition) is 1. The van der Waals surface area contributed by atoms with Gasteiger partial charge in [-0.25, -0.2) is 0 Å². The summed E-state index contributed by atoms with van der Waals surface area (Å²) in [6.45, 7) is 0.411. The van der Waals surface area contributed by atoms with Crippen LogP contribution in [0.1, 0.15) is 24.0 Å². The smallest absolute Gasteiger partial charge is 0.229 e. The molecule has 6 heteroatoms. The van der Waals surface area contributed by atoms with Crippen LogP contribution in [0.4, 0.5) is 11.4 Å². The van der Waals surface area contributed by atoms with Gasteiger partial charge in [0, 0.05) is 18.7 Å². The fraction of sp³-hybridized carbons (Fsp3) is 0.353. The summed E-state index contributed by atoms with van der Waals surface area (Å²) in [5.41, 5.74) is 4.11. The number of rotatable bonds is 3. The average Bonchev–Trinajstić information content (AvgIpc) is 3.26. The fourth-order valence-electron chi connectivity index (χ4n) is 3.37. The molecule has 1 saturated heterocycles. The van der Waals surface area contributed by atoms with Gasteiger partial charge < -0.3 is 14.7 Å². The van der Waals surface area contributed by atoms with E-state index in [1.807, 2.05) is 6.07 Å². The van der Waals surface area contributed by atoms with E-state index >= 15 is 0 Å². The quantitative estimate of drug-likeness (QED) is 0.942. The summed E-state index contributed by atoms with van der Waals surface area (Å²) >= 11 is 0. The minimum atomic E-state index is -0.356. The van der Waals surface area contributed by atoms with Crippen molar-refractivity contribution in [3.05, 3.63) is 41.8 Å². The van der Waals surface area contributed by atoms with E-state index in [0.29, 0.717) is 12.2 Å². The molecule has 6 nitrogen and oxygen atoms in total. The maximum absolute atomic E-state index is 12.3. The molecule has 23 heavy (non-hydrogen) atoms. The van der Waals surface area contributed by atoms with Crippen LogP contribution in [0.25, 0.3) is 0 Å². The first kappa shape index (κ1) is 14.0. The van der Waals surface area contributed by atoms with Crippen molar-refractivity contribution in [2.45, 2.75) is 25.7 Å². The summed E-state index contributed by atoms with van der Waals surface area (Å²) in [6, 6.07) is 6.19. The summed E-state index contributed by atoms with van der Waals surface area (Å²) in [4.78, 5) is 26.3. The van der Waals surface area contributed by atoms with Gasteiger partial charge in [-0.15, -0.1) is 0 Å². The minimum Gasteiger partial charge on any atom is -0.363 e.